The van der Waals surface area contributed by atoms with Crippen molar-refractivity contribution in [2.45, 2.75) is 0 Å². The van der Waals surface area contributed by atoms with E-state index in [2.05, 4.69) is 0 Å². The fraction of sp³-hybridized carbons (Fsp3) is 0.143. The van der Waals surface area contributed by atoms with E-state index in [4.69, 9.17) is 5.11 Å². The average Bonchev–Trinajstić information content (AvgIpc) is 2.11. The first-order valence-electron chi connectivity index (χ1n) is 3.64. The van der Waals surface area contributed by atoms with Crippen molar-refractivity contribution < 1.29 is 17.9 Å². The van der Waals surface area contributed by atoms with Crippen molar-refractivity contribution >= 4 is 15.9 Å². The zero-order chi connectivity index (χ0) is 10.8. The van der Waals surface area contributed by atoms with Crippen LogP contribution in [0.1, 0.15) is 0 Å². The van der Waals surface area contributed by atoms with E-state index in [0.717, 1.165) is 12.1 Å². The fourth-order valence-electron chi connectivity index (χ4n) is 0.777. The van der Waals surface area contributed by atoms with Gasteiger partial charge in [-0.15, -0.1) is 0 Å². The number of phenols is 1. The monoisotopic (exact) mass is 220 g/mol. The molecule has 0 aromatic heterocycles. The van der Waals surface area contributed by atoms with Crippen LogP contribution in [-0.2, 0) is 10.2 Å². The molecule has 1 aromatic rings. The van der Waals surface area contributed by atoms with Crippen molar-refractivity contribution in [1.29, 1.82) is 0 Å². The van der Waals surface area contributed by atoms with Crippen LogP contribution in [0.25, 0.3) is 0 Å². The molecule has 0 saturated carbocycles. The van der Waals surface area contributed by atoms with Gasteiger partial charge >= 0.3 is 0 Å². The molecule has 0 saturated heterocycles. The molecule has 3 N–H and O–H groups in total. The largest absolute Gasteiger partial charge is 0.505 e. The normalized spacial score (nSPS) is 11.3. The maximum Gasteiger partial charge on any atom is 0.298 e. The summed E-state index contributed by atoms with van der Waals surface area (Å²) in [5.74, 6) is -1.42. The molecule has 78 valence electrons. The molecule has 7 heteroatoms. The number of phenolic OH excluding ortho intramolecular Hbond substituents is 1. The van der Waals surface area contributed by atoms with Crippen molar-refractivity contribution in [2.75, 3.05) is 11.8 Å². The molecule has 5 nitrogen and oxygen atoms in total. The molecule has 0 fully saturated rings. The summed E-state index contributed by atoms with van der Waals surface area (Å²) in [7, 11) is -2.43. The van der Waals surface area contributed by atoms with Crippen molar-refractivity contribution in [3.05, 3.63) is 24.0 Å². The van der Waals surface area contributed by atoms with E-state index < -0.39 is 21.8 Å². The predicted molar refractivity (Wildman–Crippen MR) is 49.7 cm³/mol. The number of hydrogen-bond donors (Lipinski definition) is 3. The van der Waals surface area contributed by atoms with Crippen LogP contribution in [0.15, 0.2) is 18.2 Å². The lowest BCUT2D eigenvalue weighted by atomic mass is 10.3. The number of anilines is 1. The maximum absolute atomic E-state index is 12.8. The highest BCUT2D eigenvalue weighted by Crippen LogP contribution is 2.19. The second-order valence-electron chi connectivity index (χ2n) is 2.48. The highest BCUT2D eigenvalue weighted by atomic mass is 32.2. The highest BCUT2D eigenvalue weighted by molar-refractivity contribution is 7.90. The summed E-state index contributed by atoms with van der Waals surface area (Å²) in [6, 6.07) is 3.18. The summed E-state index contributed by atoms with van der Waals surface area (Å²) < 4.78 is 38.7. The van der Waals surface area contributed by atoms with Gasteiger partial charge in [-0.2, -0.15) is 8.42 Å². The quantitative estimate of drug-likeness (QED) is 0.645. The van der Waals surface area contributed by atoms with Crippen molar-refractivity contribution in [1.82, 2.24) is 4.72 Å². The predicted octanol–water partition coefficient (Wildman–Crippen LogP) is 0.407. The number of nitrogens with one attached hydrogen (secondary N) is 2. The first kappa shape index (κ1) is 10.7. The number of benzene rings is 1. The van der Waals surface area contributed by atoms with Crippen molar-refractivity contribution in [3.63, 3.8) is 0 Å². The Morgan fingerprint density at radius 1 is 1.43 bits per heavy atom. The molecule has 1 rings (SSSR count). The molecule has 0 amide bonds. The Kier molecular flexibility index (Phi) is 2.92. The minimum absolute atomic E-state index is 0.0367. The lowest BCUT2D eigenvalue weighted by Gasteiger charge is -2.06. The number of aromatic hydroxyl groups is 1. The molecule has 0 atom stereocenters. The topological polar surface area (TPSA) is 78.4 Å². The van der Waals surface area contributed by atoms with E-state index in [9.17, 15) is 12.8 Å². The van der Waals surface area contributed by atoms with E-state index >= 15 is 0 Å². The maximum atomic E-state index is 12.8. The molecule has 0 radical (unpaired) electrons. The molecule has 0 bridgehead atoms. The van der Waals surface area contributed by atoms with Crippen LogP contribution in [-0.4, -0.2) is 20.6 Å². The van der Waals surface area contributed by atoms with E-state index in [-0.39, 0.29) is 5.69 Å². The third-order valence-electron chi connectivity index (χ3n) is 1.47. The SMILES string of the molecule is CNS(=O)(=O)Nc1ccc(O)c(F)c1. The Hall–Kier alpha value is -1.34. The van der Waals surface area contributed by atoms with Gasteiger partial charge in [0.05, 0.1) is 5.69 Å². The third-order valence-corrected chi connectivity index (χ3v) is 2.51. The second kappa shape index (κ2) is 3.81. The fourth-order valence-corrected chi connectivity index (χ4v) is 1.32. The first-order valence-corrected chi connectivity index (χ1v) is 5.13. The summed E-state index contributed by atoms with van der Waals surface area (Å²) >= 11 is 0. The Morgan fingerprint density at radius 2 is 2.07 bits per heavy atom. The van der Waals surface area contributed by atoms with Gasteiger partial charge in [-0.05, 0) is 12.1 Å². The Morgan fingerprint density at radius 3 is 2.57 bits per heavy atom. The van der Waals surface area contributed by atoms with Crippen LogP contribution in [0.5, 0.6) is 5.75 Å². The molecule has 0 aliphatic heterocycles. The molecule has 0 aliphatic rings. The molecule has 1 aromatic carbocycles. The summed E-state index contributed by atoms with van der Waals surface area (Å²) in [6.07, 6.45) is 0. The van der Waals surface area contributed by atoms with E-state index in [1.54, 1.807) is 0 Å². The van der Waals surface area contributed by atoms with Crippen LogP contribution >= 0.6 is 0 Å². The van der Waals surface area contributed by atoms with E-state index in [1.165, 1.54) is 13.1 Å². The Balaban J connectivity index is 2.94. The Labute approximate surface area is 80.8 Å². The van der Waals surface area contributed by atoms with Crippen LogP contribution in [0.4, 0.5) is 10.1 Å². The van der Waals surface area contributed by atoms with Crippen LogP contribution in [0.2, 0.25) is 0 Å². The molecule has 0 unspecified atom stereocenters. The lowest BCUT2D eigenvalue weighted by Crippen LogP contribution is -2.26. The lowest BCUT2D eigenvalue weighted by molar-refractivity contribution is 0.432. The number of rotatable bonds is 3. The zero-order valence-electron chi connectivity index (χ0n) is 7.28. The average molecular weight is 220 g/mol. The molecule has 0 heterocycles. The highest BCUT2D eigenvalue weighted by Gasteiger charge is 2.08. The molecular formula is C7H9FN2O3S. The van der Waals surface area contributed by atoms with Gasteiger partial charge in [0, 0.05) is 13.1 Å². The standard InChI is InChI=1S/C7H9FN2O3S/c1-9-14(12,13)10-5-2-3-7(11)6(8)4-5/h2-4,9-11H,1H3. The van der Waals surface area contributed by atoms with Crippen LogP contribution in [0.3, 0.4) is 0 Å². The molecule has 14 heavy (non-hydrogen) atoms. The van der Waals surface area contributed by atoms with Gasteiger partial charge in [0.15, 0.2) is 11.6 Å². The minimum atomic E-state index is -3.65. The number of hydrogen-bond acceptors (Lipinski definition) is 3. The van der Waals surface area contributed by atoms with Crippen LogP contribution < -0.4 is 9.44 Å². The summed E-state index contributed by atoms with van der Waals surface area (Å²) in [4.78, 5) is 0. The van der Waals surface area contributed by atoms with Gasteiger partial charge < -0.3 is 5.11 Å². The molecular weight excluding hydrogens is 211 g/mol. The first-order chi connectivity index (χ1) is 6.44. The van der Waals surface area contributed by atoms with E-state index in [0.29, 0.717) is 0 Å². The van der Waals surface area contributed by atoms with Crippen molar-refractivity contribution in [3.8, 4) is 5.75 Å². The number of halogens is 1. The van der Waals surface area contributed by atoms with Gasteiger partial charge in [0.1, 0.15) is 0 Å². The van der Waals surface area contributed by atoms with Gasteiger partial charge in [0.25, 0.3) is 10.2 Å². The summed E-state index contributed by atoms with van der Waals surface area (Å²) in [6.45, 7) is 0. The third kappa shape index (κ3) is 2.57. The molecule has 0 spiro atoms. The molecule has 0 aliphatic carbocycles. The second-order valence-corrected chi connectivity index (χ2v) is 4.10. The van der Waals surface area contributed by atoms with Gasteiger partial charge in [-0.1, -0.05) is 0 Å². The van der Waals surface area contributed by atoms with Crippen LogP contribution in [0, 0.1) is 5.82 Å². The van der Waals surface area contributed by atoms with Gasteiger partial charge in [-0.3, -0.25) is 4.72 Å². The summed E-state index contributed by atoms with van der Waals surface area (Å²) in [5.41, 5.74) is 0.0367. The van der Waals surface area contributed by atoms with Gasteiger partial charge in [0.2, 0.25) is 0 Å². The zero-order valence-corrected chi connectivity index (χ0v) is 8.10. The summed E-state index contributed by atoms with van der Waals surface area (Å²) in [5, 5.41) is 8.83. The Bertz CT molecular complexity index is 433. The smallest absolute Gasteiger partial charge is 0.298 e. The van der Waals surface area contributed by atoms with Gasteiger partial charge in [-0.25, -0.2) is 9.11 Å². The van der Waals surface area contributed by atoms with Crippen molar-refractivity contribution in [2.24, 2.45) is 0 Å². The van der Waals surface area contributed by atoms with E-state index in [1.807, 2.05) is 9.44 Å². The minimum Gasteiger partial charge on any atom is -0.505 e.